The number of carbonyl (C=O) groups is 7. The molecule has 1 aromatic carbocycles. The number of amides is 6. The van der Waals surface area contributed by atoms with Gasteiger partial charge in [-0.05, 0) is 46.1 Å². The number of aliphatic carboxylic acids is 1. The molecule has 17 nitrogen and oxygen atoms in total. The molecular formula is C30H45N7O10. The van der Waals surface area contributed by atoms with E-state index in [4.69, 9.17) is 5.73 Å². The first kappa shape index (κ1) is 38.6. The van der Waals surface area contributed by atoms with E-state index in [0.717, 1.165) is 4.90 Å². The zero-order valence-electron chi connectivity index (χ0n) is 26.8. The van der Waals surface area contributed by atoms with Crippen molar-refractivity contribution in [2.24, 2.45) is 5.73 Å². The molecule has 0 aliphatic carbocycles. The van der Waals surface area contributed by atoms with E-state index in [1.165, 1.54) is 27.7 Å². The summed E-state index contributed by atoms with van der Waals surface area (Å²) in [6.45, 7) is 4.75. The van der Waals surface area contributed by atoms with E-state index in [1.54, 1.807) is 30.3 Å². The van der Waals surface area contributed by atoms with Crippen molar-refractivity contribution in [1.29, 1.82) is 0 Å². The Hall–Kier alpha value is -4.61. The summed E-state index contributed by atoms with van der Waals surface area (Å²) in [5, 5.41) is 41.5. The monoisotopic (exact) mass is 663 g/mol. The van der Waals surface area contributed by atoms with Crippen molar-refractivity contribution >= 4 is 41.4 Å². The number of likely N-dealkylation sites (tertiary alicyclic amines) is 1. The number of nitrogens with zero attached hydrogens (tertiary/aromatic N) is 1. The van der Waals surface area contributed by atoms with Gasteiger partial charge >= 0.3 is 5.97 Å². The third-order valence-corrected chi connectivity index (χ3v) is 7.45. The number of hydrogen-bond acceptors (Lipinski definition) is 10. The van der Waals surface area contributed by atoms with Crippen molar-refractivity contribution in [1.82, 2.24) is 31.5 Å². The first-order valence-corrected chi connectivity index (χ1v) is 15.2. The van der Waals surface area contributed by atoms with Crippen LogP contribution in [-0.4, -0.2) is 123 Å². The van der Waals surface area contributed by atoms with Crippen LogP contribution in [0.15, 0.2) is 30.3 Å². The Morgan fingerprint density at radius 1 is 0.830 bits per heavy atom. The van der Waals surface area contributed by atoms with Gasteiger partial charge in [0.15, 0.2) is 0 Å². The van der Waals surface area contributed by atoms with Gasteiger partial charge in [-0.2, -0.15) is 0 Å². The van der Waals surface area contributed by atoms with Crippen LogP contribution in [0.1, 0.15) is 46.1 Å². The molecule has 0 spiro atoms. The smallest absolute Gasteiger partial charge is 0.326 e. The second-order valence-electron chi connectivity index (χ2n) is 11.5. The van der Waals surface area contributed by atoms with Gasteiger partial charge in [0.25, 0.3) is 0 Å². The molecule has 1 aromatic rings. The SMILES string of the molecule is C[C@H](N)C(=O)N[C@H](C(=O)NCC(=O)N[C@@H](Cc1ccccc1)C(=O)N[C@@H](C)C(=O)N[C@H](C(=O)N1CCC[C@H]1C(=O)O)[C@@H](C)O)[C@@H](C)O. The summed E-state index contributed by atoms with van der Waals surface area (Å²) in [4.78, 5) is 89.4. The van der Waals surface area contributed by atoms with E-state index in [-0.39, 0.29) is 19.4 Å². The highest BCUT2D eigenvalue weighted by atomic mass is 16.4. The minimum Gasteiger partial charge on any atom is -0.480 e. The molecule has 10 N–H and O–H groups in total. The molecule has 2 rings (SSSR count). The molecule has 8 atom stereocenters. The molecule has 1 aliphatic rings. The number of carboxylic acid groups (broad SMARTS) is 1. The summed E-state index contributed by atoms with van der Waals surface area (Å²) in [7, 11) is 0. The minimum atomic E-state index is -1.48. The maximum Gasteiger partial charge on any atom is 0.326 e. The van der Waals surface area contributed by atoms with Gasteiger partial charge in [0, 0.05) is 13.0 Å². The van der Waals surface area contributed by atoms with Crippen LogP contribution >= 0.6 is 0 Å². The van der Waals surface area contributed by atoms with Crippen molar-refractivity contribution in [3.63, 3.8) is 0 Å². The number of carboxylic acids is 1. The number of benzene rings is 1. The highest BCUT2D eigenvalue weighted by Crippen LogP contribution is 2.19. The molecule has 1 fully saturated rings. The second kappa shape index (κ2) is 17.9. The van der Waals surface area contributed by atoms with E-state index in [2.05, 4.69) is 26.6 Å². The molecule has 6 amide bonds. The van der Waals surface area contributed by atoms with Crippen molar-refractivity contribution < 1.29 is 48.9 Å². The molecule has 17 heteroatoms. The predicted molar refractivity (Wildman–Crippen MR) is 166 cm³/mol. The van der Waals surface area contributed by atoms with Crippen LogP contribution in [0.3, 0.4) is 0 Å². The van der Waals surface area contributed by atoms with Crippen molar-refractivity contribution in [3.05, 3.63) is 35.9 Å². The Kier molecular flexibility index (Phi) is 14.7. The van der Waals surface area contributed by atoms with Gasteiger partial charge in [0.05, 0.1) is 24.8 Å². The normalized spacial score (nSPS) is 18.7. The molecule has 0 saturated carbocycles. The molecule has 1 heterocycles. The zero-order valence-corrected chi connectivity index (χ0v) is 26.8. The molecule has 0 radical (unpaired) electrons. The van der Waals surface area contributed by atoms with E-state index in [0.29, 0.717) is 12.0 Å². The zero-order chi connectivity index (χ0) is 35.4. The fourth-order valence-electron chi connectivity index (χ4n) is 4.78. The third kappa shape index (κ3) is 11.6. The maximum atomic E-state index is 13.3. The van der Waals surface area contributed by atoms with Crippen LogP contribution in [0.5, 0.6) is 0 Å². The van der Waals surface area contributed by atoms with Crippen LogP contribution in [0, 0.1) is 0 Å². The Labute approximate surface area is 272 Å². The lowest BCUT2D eigenvalue weighted by atomic mass is 10.0. The van der Waals surface area contributed by atoms with Crippen LogP contribution in [0.4, 0.5) is 0 Å². The fourth-order valence-corrected chi connectivity index (χ4v) is 4.78. The van der Waals surface area contributed by atoms with E-state index in [1.807, 2.05) is 0 Å². The summed E-state index contributed by atoms with van der Waals surface area (Å²) in [6.07, 6.45) is -2.04. The van der Waals surface area contributed by atoms with Gasteiger partial charge in [0.2, 0.25) is 35.4 Å². The number of carbonyl (C=O) groups excluding carboxylic acids is 6. The molecule has 47 heavy (non-hydrogen) atoms. The largest absolute Gasteiger partial charge is 0.480 e. The van der Waals surface area contributed by atoms with Gasteiger partial charge in [-0.25, -0.2) is 4.79 Å². The van der Waals surface area contributed by atoms with Gasteiger partial charge in [-0.1, -0.05) is 30.3 Å². The average molecular weight is 664 g/mol. The van der Waals surface area contributed by atoms with Gasteiger partial charge in [-0.15, -0.1) is 0 Å². The number of rotatable bonds is 16. The summed E-state index contributed by atoms with van der Waals surface area (Å²) >= 11 is 0. The quantitative estimate of drug-likeness (QED) is 0.0837. The van der Waals surface area contributed by atoms with Crippen LogP contribution in [0.2, 0.25) is 0 Å². The summed E-state index contributed by atoms with van der Waals surface area (Å²) in [5.41, 5.74) is 6.15. The van der Waals surface area contributed by atoms with Gasteiger partial charge < -0.3 is 52.5 Å². The standard InChI is InChI=1S/C30H45N7O10/c1-15(31)25(41)35-23(17(3)38)28(44)32-14-22(40)34-20(13-19-9-6-5-7-10-19)27(43)33-16(2)26(42)36-24(18(4)39)29(45)37-12-8-11-21(37)30(46)47/h5-7,9-10,15-18,20-21,23-24,38-39H,8,11-14,31H2,1-4H3,(H,32,44)(H,33,43)(H,34,40)(H,35,41)(H,36,42)(H,46,47)/t15-,16-,17+,18+,20-,21-,23-,24-/m0/s1. The van der Waals surface area contributed by atoms with Crippen LogP contribution < -0.4 is 32.3 Å². The Morgan fingerprint density at radius 3 is 1.98 bits per heavy atom. The number of nitrogens with one attached hydrogen (secondary N) is 5. The highest BCUT2D eigenvalue weighted by Gasteiger charge is 2.40. The lowest BCUT2D eigenvalue weighted by molar-refractivity contribution is -0.150. The number of aliphatic hydroxyl groups excluding tert-OH is 2. The lowest BCUT2D eigenvalue weighted by Crippen LogP contribution is -2.60. The minimum absolute atomic E-state index is 0.0121. The molecule has 1 aliphatic heterocycles. The first-order chi connectivity index (χ1) is 22.0. The van der Waals surface area contributed by atoms with Crippen LogP contribution in [-0.2, 0) is 40.0 Å². The fraction of sp³-hybridized carbons (Fsp3) is 0.567. The van der Waals surface area contributed by atoms with Gasteiger partial charge in [-0.3, -0.25) is 28.8 Å². The lowest BCUT2D eigenvalue weighted by Gasteiger charge is -2.29. The average Bonchev–Trinajstić information content (AvgIpc) is 3.51. The van der Waals surface area contributed by atoms with Crippen molar-refractivity contribution in [3.8, 4) is 0 Å². The highest BCUT2D eigenvalue weighted by molar-refractivity contribution is 5.96. The first-order valence-electron chi connectivity index (χ1n) is 15.2. The molecular weight excluding hydrogens is 618 g/mol. The van der Waals surface area contributed by atoms with E-state index < -0.39 is 96.4 Å². The second-order valence-corrected chi connectivity index (χ2v) is 11.5. The number of nitrogens with two attached hydrogens (primary N) is 1. The Morgan fingerprint density at radius 2 is 1.43 bits per heavy atom. The van der Waals surface area contributed by atoms with E-state index >= 15 is 0 Å². The Balaban J connectivity index is 2.10. The predicted octanol–water partition coefficient (Wildman–Crippen LogP) is -3.51. The summed E-state index contributed by atoms with van der Waals surface area (Å²) < 4.78 is 0. The van der Waals surface area contributed by atoms with E-state index in [9.17, 15) is 48.9 Å². The topological polar surface area (TPSA) is 270 Å². The van der Waals surface area contributed by atoms with Crippen molar-refractivity contribution in [2.45, 2.75) is 95.4 Å². The summed E-state index contributed by atoms with van der Waals surface area (Å²) in [5.74, 6) is -5.97. The maximum absolute atomic E-state index is 13.3. The molecule has 0 aromatic heterocycles. The molecule has 0 unspecified atom stereocenters. The molecule has 260 valence electrons. The molecule has 0 bridgehead atoms. The van der Waals surface area contributed by atoms with Crippen LogP contribution in [0.25, 0.3) is 0 Å². The summed E-state index contributed by atoms with van der Waals surface area (Å²) in [6, 6.07) is 1.19. The Bertz CT molecular complexity index is 1290. The van der Waals surface area contributed by atoms with Gasteiger partial charge in [0.1, 0.15) is 30.2 Å². The third-order valence-electron chi connectivity index (χ3n) is 7.45. The number of hydrogen-bond donors (Lipinski definition) is 9. The van der Waals surface area contributed by atoms with Crippen molar-refractivity contribution in [2.75, 3.05) is 13.1 Å². The molecule has 1 saturated heterocycles. The number of aliphatic hydroxyl groups is 2.